The number of carboxylic acids is 1. The minimum Gasteiger partial charge on any atom is -0.480 e. The summed E-state index contributed by atoms with van der Waals surface area (Å²) >= 11 is 0. The molecule has 0 aromatic carbocycles. The fourth-order valence-electron chi connectivity index (χ4n) is 1.77. The van der Waals surface area contributed by atoms with E-state index in [1.54, 1.807) is 13.8 Å². The van der Waals surface area contributed by atoms with Crippen molar-refractivity contribution in [1.82, 2.24) is 4.90 Å². The average molecular weight is 230 g/mol. The van der Waals surface area contributed by atoms with Crippen molar-refractivity contribution in [3.05, 3.63) is 0 Å². The van der Waals surface area contributed by atoms with Crippen LogP contribution in [0.25, 0.3) is 0 Å². The van der Waals surface area contributed by atoms with Crippen molar-refractivity contribution in [2.24, 2.45) is 11.7 Å². The SMILES string of the molecule is CC(C)C(N)C(=O)N1CC(O)C[C@H]1C(=O)O. The Bertz CT molecular complexity index is 293. The number of carbonyl (C=O) groups is 2. The molecule has 1 aliphatic rings. The van der Waals surface area contributed by atoms with Crippen LogP contribution >= 0.6 is 0 Å². The Morgan fingerprint density at radius 3 is 2.44 bits per heavy atom. The lowest BCUT2D eigenvalue weighted by Crippen LogP contribution is -2.50. The number of nitrogens with two attached hydrogens (primary N) is 1. The van der Waals surface area contributed by atoms with Crippen molar-refractivity contribution in [2.75, 3.05) is 6.54 Å². The maximum Gasteiger partial charge on any atom is 0.326 e. The lowest BCUT2D eigenvalue weighted by molar-refractivity contribution is -0.149. The van der Waals surface area contributed by atoms with Gasteiger partial charge in [0.15, 0.2) is 0 Å². The maximum absolute atomic E-state index is 11.9. The number of likely N-dealkylation sites (tertiary alicyclic amines) is 1. The van der Waals surface area contributed by atoms with E-state index in [1.165, 1.54) is 0 Å². The number of hydrogen-bond donors (Lipinski definition) is 3. The van der Waals surface area contributed by atoms with Gasteiger partial charge in [0.1, 0.15) is 6.04 Å². The molecule has 0 aliphatic carbocycles. The molecule has 0 aromatic rings. The number of carboxylic acid groups (broad SMARTS) is 1. The lowest BCUT2D eigenvalue weighted by Gasteiger charge is -2.26. The molecule has 6 heteroatoms. The van der Waals surface area contributed by atoms with Gasteiger partial charge in [0, 0.05) is 13.0 Å². The van der Waals surface area contributed by atoms with E-state index in [0.717, 1.165) is 4.90 Å². The minimum absolute atomic E-state index is 0.0518. The van der Waals surface area contributed by atoms with Crippen molar-refractivity contribution in [2.45, 2.75) is 38.5 Å². The highest BCUT2D eigenvalue weighted by Crippen LogP contribution is 2.20. The summed E-state index contributed by atoms with van der Waals surface area (Å²) in [5, 5.41) is 18.3. The van der Waals surface area contributed by atoms with Crippen LogP contribution in [-0.2, 0) is 9.59 Å². The molecule has 0 spiro atoms. The standard InChI is InChI=1S/C10H18N2O4/c1-5(2)8(11)9(14)12-4-6(13)3-7(12)10(15)16/h5-8,13H,3-4,11H2,1-2H3,(H,15,16)/t6?,7-,8?/m0/s1. The molecule has 92 valence electrons. The number of aliphatic carboxylic acids is 1. The first-order valence-electron chi connectivity index (χ1n) is 5.31. The number of hydrogen-bond acceptors (Lipinski definition) is 4. The molecule has 0 saturated carbocycles. The summed E-state index contributed by atoms with van der Waals surface area (Å²) in [5.74, 6) is -1.56. The van der Waals surface area contributed by atoms with Crippen LogP contribution in [0.1, 0.15) is 20.3 Å². The summed E-state index contributed by atoms with van der Waals surface area (Å²) in [6, 6.07) is -1.67. The molecule has 1 aliphatic heterocycles. The average Bonchev–Trinajstić information content (AvgIpc) is 2.58. The zero-order valence-electron chi connectivity index (χ0n) is 9.46. The Labute approximate surface area is 94.0 Å². The molecule has 1 heterocycles. The molecule has 0 bridgehead atoms. The largest absolute Gasteiger partial charge is 0.480 e. The Morgan fingerprint density at radius 1 is 1.44 bits per heavy atom. The Hall–Kier alpha value is -1.14. The number of carbonyl (C=O) groups excluding carboxylic acids is 1. The third-order valence-corrected chi connectivity index (χ3v) is 2.85. The second-order valence-electron chi connectivity index (χ2n) is 4.50. The van der Waals surface area contributed by atoms with E-state index in [0.29, 0.717) is 0 Å². The molecule has 4 N–H and O–H groups in total. The maximum atomic E-state index is 11.9. The van der Waals surface area contributed by atoms with Crippen molar-refractivity contribution >= 4 is 11.9 Å². The summed E-state index contributed by atoms with van der Waals surface area (Å²) < 4.78 is 0. The van der Waals surface area contributed by atoms with Crippen molar-refractivity contribution in [3.8, 4) is 0 Å². The van der Waals surface area contributed by atoms with Crippen molar-refractivity contribution < 1.29 is 19.8 Å². The zero-order chi connectivity index (χ0) is 12.5. The Balaban J connectivity index is 2.78. The fraction of sp³-hybridized carbons (Fsp3) is 0.800. The summed E-state index contributed by atoms with van der Waals surface area (Å²) in [5.41, 5.74) is 5.68. The van der Waals surface area contributed by atoms with Gasteiger partial charge in [-0.25, -0.2) is 4.79 Å². The molecule has 1 saturated heterocycles. The zero-order valence-corrected chi connectivity index (χ0v) is 9.46. The molecular formula is C10H18N2O4. The number of aliphatic hydroxyl groups excluding tert-OH is 1. The Morgan fingerprint density at radius 2 is 2.00 bits per heavy atom. The van der Waals surface area contributed by atoms with Gasteiger partial charge in [0.25, 0.3) is 0 Å². The topological polar surface area (TPSA) is 104 Å². The minimum atomic E-state index is -1.10. The van der Waals surface area contributed by atoms with Gasteiger partial charge in [0.2, 0.25) is 5.91 Å². The molecule has 0 aromatic heterocycles. The highest BCUT2D eigenvalue weighted by Gasteiger charge is 2.40. The van der Waals surface area contributed by atoms with E-state index in [4.69, 9.17) is 10.8 Å². The van der Waals surface area contributed by atoms with Crippen LogP contribution < -0.4 is 5.73 Å². The third kappa shape index (κ3) is 2.51. The number of aliphatic hydroxyl groups is 1. The van der Waals surface area contributed by atoms with E-state index >= 15 is 0 Å². The fourth-order valence-corrected chi connectivity index (χ4v) is 1.77. The molecule has 3 atom stereocenters. The lowest BCUT2D eigenvalue weighted by atomic mass is 10.0. The van der Waals surface area contributed by atoms with Crippen LogP contribution in [0, 0.1) is 5.92 Å². The van der Waals surface area contributed by atoms with Gasteiger partial charge < -0.3 is 20.8 Å². The van der Waals surface area contributed by atoms with Crippen LogP contribution in [0.3, 0.4) is 0 Å². The molecule has 1 rings (SSSR count). The van der Waals surface area contributed by atoms with E-state index in [-0.39, 0.29) is 18.9 Å². The summed E-state index contributed by atoms with van der Waals surface area (Å²) in [6.07, 6.45) is -0.698. The molecule has 1 amide bonds. The molecule has 0 radical (unpaired) electrons. The third-order valence-electron chi connectivity index (χ3n) is 2.85. The van der Waals surface area contributed by atoms with E-state index in [9.17, 15) is 14.7 Å². The first-order chi connectivity index (χ1) is 7.34. The van der Waals surface area contributed by atoms with Gasteiger partial charge in [-0.05, 0) is 5.92 Å². The van der Waals surface area contributed by atoms with E-state index in [1.807, 2.05) is 0 Å². The first kappa shape index (κ1) is 12.9. The predicted octanol–water partition coefficient (Wildman–Crippen LogP) is -0.984. The number of rotatable bonds is 3. The van der Waals surface area contributed by atoms with Gasteiger partial charge in [-0.3, -0.25) is 4.79 Å². The van der Waals surface area contributed by atoms with Crippen LogP contribution in [0.5, 0.6) is 0 Å². The first-order valence-corrected chi connectivity index (χ1v) is 5.31. The molecular weight excluding hydrogens is 212 g/mol. The summed E-state index contributed by atoms with van der Waals surface area (Å²) in [7, 11) is 0. The van der Waals surface area contributed by atoms with Gasteiger partial charge in [-0.15, -0.1) is 0 Å². The number of β-amino-alcohol motifs (C(OH)–C–C–N with tert-alkyl or cyclic N) is 1. The van der Waals surface area contributed by atoms with Crippen molar-refractivity contribution in [3.63, 3.8) is 0 Å². The van der Waals surface area contributed by atoms with E-state index in [2.05, 4.69) is 0 Å². The van der Waals surface area contributed by atoms with Crippen LogP contribution in [-0.4, -0.2) is 51.7 Å². The molecule has 6 nitrogen and oxygen atoms in total. The number of nitrogens with zero attached hydrogens (tertiary/aromatic N) is 1. The van der Waals surface area contributed by atoms with Crippen LogP contribution in [0.4, 0.5) is 0 Å². The predicted molar refractivity (Wildman–Crippen MR) is 56.6 cm³/mol. The van der Waals surface area contributed by atoms with Gasteiger partial charge >= 0.3 is 5.97 Å². The van der Waals surface area contributed by atoms with Gasteiger partial charge in [-0.2, -0.15) is 0 Å². The second-order valence-corrected chi connectivity index (χ2v) is 4.50. The van der Waals surface area contributed by atoms with Crippen molar-refractivity contribution in [1.29, 1.82) is 0 Å². The molecule has 16 heavy (non-hydrogen) atoms. The second kappa shape index (κ2) is 4.80. The van der Waals surface area contributed by atoms with Crippen LogP contribution in [0.15, 0.2) is 0 Å². The summed E-state index contributed by atoms with van der Waals surface area (Å²) in [6.45, 7) is 3.64. The highest BCUT2D eigenvalue weighted by molar-refractivity contribution is 5.87. The van der Waals surface area contributed by atoms with Crippen LogP contribution in [0.2, 0.25) is 0 Å². The quantitative estimate of drug-likeness (QED) is 0.578. The van der Waals surface area contributed by atoms with E-state index < -0.39 is 30.1 Å². The Kier molecular flexibility index (Phi) is 3.88. The molecule has 2 unspecified atom stereocenters. The normalized spacial score (nSPS) is 27.2. The monoisotopic (exact) mass is 230 g/mol. The highest BCUT2D eigenvalue weighted by atomic mass is 16.4. The number of amides is 1. The van der Waals surface area contributed by atoms with Gasteiger partial charge in [-0.1, -0.05) is 13.8 Å². The smallest absolute Gasteiger partial charge is 0.326 e. The summed E-state index contributed by atoms with van der Waals surface area (Å²) in [4.78, 5) is 23.9. The van der Waals surface area contributed by atoms with Gasteiger partial charge in [0.05, 0.1) is 12.1 Å². The molecule has 1 fully saturated rings.